The summed E-state index contributed by atoms with van der Waals surface area (Å²) in [7, 11) is 0. The zero-order valence-corrected chi connectivity index (χ0v) is 12.3. The van der Waals surface area contributed by atoms with Crippen LogP contribution in [0.2, 0.25) is 0 Å². The second-order valence-corrected chi connectivity index (χ2v) is 4.64. The summed E-state index contributed by atoms with van der Waals surface area (Å²) in [6.07, 6.45) is 0. The van der Waals surface area contributed by atoms with Crippen LogP contribution in [-0.4, -0.2) is 0 Å². The normalized spacial score (nSPS) is 10.4. The molecule has 0 aliphatic carbocycles. The van der Waals surface area contributed by atoms with E-state index in [-0.39, 0.29) is 0 Å². The summed E-state index contributed by atoms with van der Waals surface area (Å²) in [5.74, 6) is 0. The molecule has 0 radical (unpaired) electrons. The Morgan fingerprint density at radius 1 is 0.619 bits per heavy atom. The summed E-state index contributed by atoms with van der Waals surface area (Å²) in [6.45, 7) is 4.00. The Labute approximate surface area is 124 Å². The summed E-state index contributed by atoms with van der Waals surface area (Å²) >= 11 is 0. The topological polar surface area (TPSA) is 13.1 Å². The lowest BCUT2D eigenvalue weighted by Gasteiger charge is -2.03. The van der Waals surface area contributed by atoms with E-state index in [1.807, 2.05) is 44.2 Å². The molecule has 1 heteroatoms. The van der Waals surface area contributed by atoms with E-state index in [2.05, 4.69) is 42.5 Å². The number of fused-ring (bicyclic) bond motifs is 3. The van der Waals surface area contributed by atoms with Gasteiger partial charge in [-0.15, -0.1) is 0 Å². The molecule has 0 spiro atoms. The Kier molecular flexibility index (Phi) is 3.74. The van der Waals surface area contributed by atoms with E-state index < -0.39 is 0 Å². The average Bonchev–Trinajstić information content (AvgIpc) is 2.96. The Balaban J connectivity index is 0.000000636. The zero-order valence-electron chi connectivity index (χ0n) is 12.3. The Morgan fingerprint density at radius 2 is 1.29 bits per heavy atom. The van der Waals surface area contributed by atoms with Crippen LogP contribution in [0, 0.1) is 0 Å². The fourth-order valence-corrected chi connectivity index (χ4v) is 2.63. The molecular formula is C20H18O. The van der Waals surface area contributed by atoms with E-state index in [4.69, 9.17) is 4.42 Å². The van der Waals surface area contributed by atoms with Crippen LogP contribution >= 0.6 is 0 Å². The van der Waals surface area contributed by atoms with E-state index in [0.717, 1.165) is 11.2 Å². The molecule has 3 aromatic carbocycles. The predicted octanol–water partition coefficient (Wildman–Crippen LogP) is 6.28. The number of hydrogen-bond acceptors (Lipinski definition) is 1. The number of benzene rings is 3. The molecule has 4 rings (SSSR count). The van der Waals surface area contributed by atoms with Gasteiger partial charge in [0.15, 0.2) is 0 Å². The highest BCUT2D eigenvalue weighted by Crippen LogP contribution is 2.36. The molecule has 0 saturated carbocycles. The molecule has 0 aliphatic rings. The maximum absolute atomic E-state index is 5.91. The third kappa shape index (κ3) is 2.31. The van der Waals surface area contributed by atoms with Crippen LogP contribution in [0.4, 0.5) is 0 Å². The molecule has 104 valence electrons. The first kappa shape index (κ1) is 13.4. The average molecular weight is 274 g/mol. The smallest absolute Gasteiger partial charge is 0.136 e. The molecule has 0 amide bonds. The van der Waals surface area contributed by atoms with Crippen LogP contribution < -0.4 is 0 Å². The third-order valence-electron chi connectivity index (χ3n) is 3.49. The first-order valence-corrected chi connectivity index (χ1v) is 7.39. The van der Waals surface area contributed by atoms with Gasteiger partial charge < -0.3 is 4.42 Å². The van der Waals surface area contributed by atoms with Gasteiger partial charge in [-0.1, -0.05) is 74.5 Å². The highest BCUT2D eigenvalue weighted by atomic mass is 16.3. The van der Waals surface area contributed by atoms with Gasteiger partial charge in [-0.05, 0) is 23.3 Å². The van der Waals surface area contributed by atoms with Gasteiger partial charge in [0, 0.05) is 10.8 Å². The van der Waals surface area contributed by atoms with Gasteiger partial charge in [0.2, 0.25) is 0 Å². The molecular weight excluding hydrogens is 256 g/mol. The van der Waals surface area contributed by atoms with Crippen LogP contribution in [0.3, 0.4) is 0 Å². The molecule has 4 aromatic rings. The Hall–Kier alpha value is -2.54. The van der Waals surface area contributed by atoms with Gasteiger partial charge in [-0.25, -0.2) is 0 Å². The Bertz CT molecular complexity index is 857. The lowest BCUT2D eigenvalue weighted by atomic mass is 10.00. The fraction of sp³-hybridized carbons (Fsp3) is 0.100. The highest BCUT2D eigenvalue weighted by Gasteiger charge is 2.11. The standard InChI is InChI=1S/C18H12O.C2H6/c1-2-7-13(8-3-1)14-10-6-12-17-18(14)15-9-4-5-11-16(15)19-17;1-2/h1-12H;1-2H3. The lowest BCUT2D eigenvalue weighted by molar-refractivity contribution is 0.669. The minimum Gasteiger partial charge on any atom is -0.456 e. The minimum absolute atomic E-state index is 0.945. The molecule has 21 heavy (non-hydrogen) atoms. The maximum atomic E-state index is 5.91. The molecule has 1 nitrogen and oxygen atoms in total. The van der Waals surface area contributed by atoms with Gasteiger partial charge >= 0.3 is 0 Å². The fourth-order valence-electron chi connectivity index (χ4n) is 2.63. The van der Waals surface area contributed by atoms with E-state index in [1.165, 1.54) is 21.9 Å². The quantitative estimate of drug-likeness (QED) is 0.398. The van der Waals surface area contributed by atoms with Gasteiger partial charge in [0.1, 0.15) is 11.2 Å². The zero-order chi connectivity index (χ0) is 14.7. The van der Waals surface area contributed by atoms with Gasteiger partial charge in [-0.3, -0.25) is 0 Å². The van der Waals surface area contributed by atoms with Gasteiger partial charge in [0.05, 0.1) is 0 Å². The van der Waals surface area contributed by atoms with Crippen molar-refractivity contribution in [2.24, 2.45) is 0 Å². The molecule has 0 atom stereocenters. The molecule has 1 heterocycles. The molecule has 0 fully saturated rings. The molecule has 0 aliphatic heterocycles. The monoisotopic (exact) mass is 274 g/mol. The van der Waals surface area contributed by atoms with Crippen molar-refractivity contribution in [1.29, 1.82) is 0 Å². The molecule has 1 aromatic heterocycles. The van der Waals surface area contributed by atoms with E-state index in [9.17, 15) is 0 Å². The van der Waals surface area contributed by atoms with Gasteiger partial charge in [0.25, 0.3) is 0 Å². The van der Waals surface area contributed by atoms with E-state index in [1.54, 1.807) is 0 Å². The van der Waals surface area contributed by atoms with Crippen LogP contribution in [0.1, 0.15) is 13.8 Å². The van der Waals surface area contributed by atoms with Crippen LogP contribution in [0.25, 0.3) is 33.1 Å². The van der Waals surface area contributed by atoms with Crippen molar-refractivity contribution < 1.29 is 4.42 Å². The van der Waals surface area contributed by atoms with Crippen molar-refractivity contribution in [1.82, 2.24) is 0 Å². The summed E-state index contributed by atoms with van der Waals surface area (Å²) < 4.78 is 5.91. The van der Waals surface area contributed by atoms with Crippen molar-refractivity contribution in [3.8, 4) is 11.1 Å². The molecule has 0 unspecified atom stereocenters. The van der Waals surface area contributed by atoms with E-state index >= 15 is 0 Å². The summed E-state index contributed by atoms with van der Waals surface area (Å²) in [6, 6.07) is 24.9. The summed E-state index contributed by atoms with van der Waals surface area (Å²) in [5.41, 5.74) is 4.34. The van der Waals surface area contributed by atoms with Crippen molar-refractivity contribution in [2.75, 3.05) is 0 Å². The van der Waals surface area contributed by atoms with Crippen LogP contribution in [0.5, 0.6) is 0 Å². The lowest BCUT2D eigenvalue weighted by Crippen LogP contribution is -1.78. The van der Waals surface area contributed by atoms with Crippen molar-refractivity contribution in [2.45, 2.75) is 13.8 Å². The van der Waals surface area contributed by atoms with Crippen molar-refractivity contribution in [3.63, 3.8) is 0 Å². The van der Waals surface area contributed by atoms with Crippen molar-refractivity contribution >= 4 is 21.9 Å². The van der Waals surface area contributed by atoms with E-state index in [0.29, 0.717) is 0 Å². The van der Waals surface area contributed by atoms with Crippen LogP contribution in [-0.2, 0) is 0 Å². The highest BCUT2D eigenvalue weighted by molar-refractivity contribution is 6.12. The maximum Gasteiger partial charge on any atom is 0.136 e. The van der Waals surface area contributed by atoms with Crippen molar-refractivity contribution in [3.05, 3.63) is 72.8 Å². The molecule has 0 N–H and O–H groups in total. The summed E-state index contributed by atoms with van der Waals surface area (Å²) in [4.78, 5) is 0. The number of rotatable bonds is 1. The SMILES string of the molecule is CC.c1ccc(-c2cccc3oc4ccccc4c23)cc1. The Morgan fingerprint density at radius 3 is 2.10 bits per heavy atom. The molecule has 0 bridgehead atoms. The predicted molar refractivity (Wildman–Crippen MR) is 90.5 cm³/mol. The summed E-state index contributed by atoms with van der Waals surface area (Å²) in [5, 5.41) is 2.38. The van der Waals surface area contributed by atoms with Gasteiger partial charge in [-0.2, -0.15) is 0 Å². The number of hydrogen-bond donors (Lipinski definition) is 0. The first-order valence-electron chi connectivity index (χ1n) is 7.39. The van der Waals surface area contributed by atoms with Crippen LogP contribution in [0.15, 0.2) is 77.2 Å². The second-order valence-electron chi connectivity index (χ2n) is 4.64. The molecule has 0 saturated heterocycles. The largest absolute Gasteiger partial charge is 0.456 e. The third-order valence-corrected chi connectivity index (χ3v) is 3.49. The first-order chi connectivity index (χ1) is 10.4. The number of para-hydroxylation sites is 1. The minimum atomic E-state index is 0.945. The second kappa shape index (κ2) is 5.84. The number of furan rings is 1.